The number of rotatable bonds is 11. The molecule has 1 heterocycles. The summed E-state index contributed by atoms with van der Waals surface area (Å²) < 4.78 is 6.00. The number of amides is 2. The van der Waals surface area contributed by atoms with Gasteiger partial charge < -0.3 is 20.7 Å². The second-order valence-electron chi connectivity index (χ2n) is 5.26. The van der Waals surface area contributed by atoms with Gasteiger partial charge in [-0.3, -0.25) is 9.59 Å². The molecule has 144 valence electrons. The van der Waals surface area contributed by atoms with E-state index in [-0.39, 0.29) is 24.6 Å². The average molecular weight is 408 g/mol. The SMILES string of the molecule is C=CCNc1nnc(SCC(=O)N(CCC(N)=O)c2ccccc2OC)s1. The summed E-state index contributed by atoms with van der Waals surface area (Å²) in [6.07, 6.45) is 1.78. The second kappa shape index (κ2) is 10.5. The van der Waals surface area contributed by atoms with E-state index in [0.717, 1.165) is 0 Å². The van der Waals surface area contributed by atoms with Crippen LogP contribution in [0.4, 0.5) is 10.8 Å². The lowest BCUT2D eigenvalue weighted by Crippen LogP contribution is -2.35. The number of aromatic nitrogens is 2. The fourth-order valence-corrected chi connectivity index (χ4v) is 3.79. The summed E-state index contributed by atoms with van der Waals surface area (Å²) >= 11 is 2.64. The zero-order chi connectivity index (χ0) is 19.6. The predicted octanol–water partition coefficient (Wildman–Crippen LogP) is 2.15. The van der Waals surface area contributed by atoms with Crippen molar-refractivity contribution < 1.29 is 14.3 Å². The lowest BCUT2D eigenvalue weighted by molar-refractivity contribution is -0.118. The Hall–Kier alpha value is -2.59. The normalized spacial score (nSPS) is 10.3. The summed E-state index contributed by atoms with van der Waals surface area (Å²) in [5.41, 5.74) is 5.85. The first-order chi connectivity index (χ1) is 13.0. The Bertz CT molecular complexity index is 796. The van der Waals surface area contributed by atoms with Crippen molar-refractivity contribution in [3.8, 4) is 5.75 Å². The molecule has 0 spiro atoms. The smallest absolute Gasteiger partial charge is 0.237 e. The monoisotopic (exact) mass is 407 g/mol. The number of ether oxygens (including phenoxy) is 1. The number of nitrogens with one attached hydrogen (secondary N) is 1. The summed E-state index contributed by atoms with van der Waals surface area (Å²) in [7, 11) is 1.53. The number of primary amides is 1. The molecule has 2 aromatic rings. The third-order valence-corrected chi connectivity index (χ3v) is 5.38. The molecule has 0 bridgehead atoms. The molecular weight excluding hydrogens is 386 g/mol. The number of nitrogens with zero attached hydrogens (tertiary/aromatic N) is 3. The van der Waals surface area contributed by atoms with Crippen LogP contribution in [-0.4, -0.2) is 48.0 Å². The number of carbonyl (C=O) groups is 2. The zero-order valence-corrected chi connectivity index (χ0v) is 16.5. The third kappa shape index (κ3) is 6.26. The highest BCUT2D eigenvalue weighted by atomic mass is 32.2. The molecule has 0 saturated heterocycles. The first kappa shape index (κ1) is 20.7. The molecule has 0 fully saturated rings. The van der Waals surface area contributed by atoms with Gasteiger partial charge in [-0.1, -0.05) is 41.3 Å². The maximum atomic E-state index is 12.8. The molecular formula is C17H21N5O3S2. The van der Waals surface area contributed by atoms with Gasteiger partial charge in [0, 0.05) is 19.5 Å². The Labute approximate surface area is 165 Å². The Kier molecular flexibility index (Phi) is 8.08. The van der Waals surface area contributed by atoms with Gasteiger partial charge >= 0.3 is 0 Å². The zero-order valence-electron chi connectivity index (χ0n) is 14.9. The quantitative estimate of drug-likeness (QED) is 0.434. The van der Waals surface area contributed by atoms with Crippen LogP contribution in [0.25, 0.3) is 0 Å². The second-order valence-corrected chi connectivity index (χ2v) is 7.46. The van der Waals surface area contributed by atoms with E-state index in [0.29, 0.717) is 27.5 Å². The van der Waals surface area contributed by atoms with Crippen molar-refractivity contribution in [3.63, 3.8) is 0 Å². The van der Waals surface area contributed by atoms with Gasteiger partial charge in [-0.2, -0.15) is 0 Å². The molecule has 3 N–H and O–H groups in total. The van der Waals surface area contributed by atoms with E-state index >= 15 is 0 Å². The molecule has 27 heavy (non-hydrogen) atoms. The van der Waals surface area contributed by atoms with E-state index in [4.69, 9.17) is 10.5 Å². The number of hydrogen-bond acceptors (Lipinski definition) is 8. The summed E-state index contributed by atoms with van der Waals surface area (Å²) in [5.74, 6) is 0.0403. The van der Waals surface area contributed by atoms with Crippen LogP contribution in [0.1, 0.15) is 6.42 Å². The van der Waals surface area contributed by atoms with Gasteiger partial charge in [0.15, 0.2) is 4.34 Å². The van der Waals surface area contributed by atoms with E-state index in [1.165, 1.54) is 35.1 Å². The van der Waals surface area contributed by atoms with Crippen molar-refractivity contribution in [3.05, 3.63) is 36.9 Å². The van der Waals surface area contributed by atoms with Crippen LogP contribution in [-0.2, 0) is 9.59 Å². The van der Waals surface area contributed by atoms with Gasteiger partial charge in [0.25, 0.3) is 0 Å². The van der Waals surface area contributed by atoms with Crippen LogP contribution in [0, 0.1) is 0 Å². The number of carbonyl (C=O) groups excluding carboxylic acids is 2. The topological polar surface area (TPSA) is 110 Å². The minimum absolute atomic E-state index is 0.0584. The minimum atomic E-state index is -0.475. The van der Waals surface area contributed by atoms with E-state index in [2.05, 4.69) is 22.1 Å². The molecule has 0 aliphatic heterocycles. The van der Waals surface area contributed by atoms with Crippen molar-refractivity contribution in [1.82, 2.24) is 10.2 Å². The predicted molar refractivity (Wildman–Crippen MR) is 108 cm³/mol. The number of para-hydroxylation sites is 2. The standard InChI is InChI=1S/C17H21N5O3S2/c1-3-9-19-16-20-21-17(27-16)26-11-15(24)22(10-8-14(18)23)12-6-4-5-7-13(12)25-2/h3-7H,1,8-11H2,2H3,(H2,18,23)(H,19,20). The Morgan fingerprint density at radius 1 is 1.41 bits per heavy atom. The third-order valence-electron chi connectivity index (χ3n) is 3.38. The maximum Gasteiger partial charge on any atom is 0.237 e. The summed E-state index contributed by atoms with van der Waals surface area (Å²) in [6.45, 7) is 4.40. The van der Waals surface area contributed by atoms with Crippen LogP contribution in [0.2, 0.25) is 0 Å². The maximum absolute atomic E-state index is 12.8. The Morgan fingerprint density at radius 2 is 2.19 bits per heavy atom. The number of methoxy groups -OCH3 is 1. The lowest BCUT2D eigenvalue weighted by Gasteiger charge is -2.24. The molecule has 0 unspecified atom stereocenters. The lowest BCUT2D eigenvalue weighted by atomic mass is 10.2. The molecule has 0 aliphatic rings. The molecule has 0 atom stereocenters. The van der Waals surface area contributed by atoms with Gasteiger partial charge in [0.05, 0.1) is 18.6 Å². The number of thioether (sulfide) groups is 1. The highest BCUT2D eigenvalue weighted by Crippen LogP contribution is 2.30. The average Bonchev–Trinajstić information content (AvgIpc) is 3.12. The Morgan fingerprint density at radius 3 is 2.89 bits per heavy atom. The van der Waals surface area contributed by atoms with Crippen molar-refractivity contribution >= 4 is 45.7 Å². The Balaban J connectivity index is 2.08. The van der Waals surface area contributed by atoms with E-state index < -0.39 is 5.91 Å². The van der Waals surface area contributed by atoms with Crippen molar-refractivity contribution in [2.45, 2.75) is 10.8 Å². The van der Waals surface area contributed by atoms with Crippen molar-refractivity contribution in [1.29, 1.82) is 0 Å². The summed E-state index contributed by atoms with van der Waals surface area (Å²) in [5, 5.41) is 11.8. The van der Waals surface area contributed by atoms with Gasteiger partial charge in [-0.05, 0) is 12.1 Å². The fraction of sp³-hybridized carbons (Fsp3) is 0.294. The van der Waals surface area contributed by atoms with Crippen molar-refractivity contribution in [2.24, 2.45) is 5.73 Å². The first-order valence-electron chi connectivity index (χ1n) is 8.08. The van der Waals surface area contributed by atoms with Crippen LogP contribution >= 0.6 is 23.1 Å². The van der Waals surface area contributed by atoms with Gasteiger partial charge in [0.1, 0.15) is 5.75 Å². The fourth-order valence-electron chi connectivity index (χ4n) is 2.15. The number of benzene rings is 1. The summed E-state index contributed by atoms with van der Waals surface area (Å²) in [4.78, 5) is 25.5. The van der Waals surface area contributed by atoms with Gasteiger partial charge in [-0.25, -0.2) is 0 Å². The molecule has 2 rings (SSSR count). The molecule has 1 aromatic heterocycles. The largest absolute Gasteiger partial charge is 0.495 e. The van der Waals surface area contributed by atoms with E-state index in [9.17, 15) is 9.59 Å². The van der Waals surface area contributed by atoms with Crippen LogP contribution in [0.15, 0.2) is 41.3 Å². The minimum Gasteiger partial charge on any atom is -0.495 e. The number of anilines is 2. The first-order valence-corrected chi connectivity index (χ1v) is 9.88. The van der Waals surface area contributed by atoms with Crippen LogP contribution in [0.5, 0.6) is 5.75 Å². The molecule has 8 nitrogen and oxygen atoms in total. The number of hydrogen-bond donors (Lipinski definition) is 2. The molecule has 0 aliphatic carbocycles. The van der Waals surface area contributed by atoms with E-state index in [1.54, 1.807) is 24.3 Å². The molecule has 10 heteroatoms. The van der Waals surface area contributed by atoms with Gasteiger partial charge in [-0.15, -0.1) is 16.8 Å². The molecule has 1 aromatic carbocycles. The molecule has 0 radical (unpaired) electrons. The highest BCUT2D eigenvalue weighted by Gasteiger charge is 2.20. The van der Waals surface area contributed by atoms with Crippen LogP contribution < -0.4 is 20.7 Å². The molecule has 2 amide bonds. The van der Waals surface area contributed by atoms with Gasteiger partial charge in [0.2, 0.25) is 16.9 Å². The highest BCUT2D eigenvalue weighted by molar-refractivity contribution is 8.01. The molecule has 0 saturated carbocycles. The number of nitrogens with two attached hydrogens (primary N) is 1. The summed E-state index contributed by atoms with van der Waals surface area (Å²) in [6, 6.07) is 7.14. The van der Waals surface area contributed by atoms with Crippen LogP contribution in [0.3, 0.4) is 0 Å². The van der Waals surface area contributed by atoms with Crippen molar-refractivity contribution in [2.75, 3.05) is 36.2 Å². The van der Waals surface area contributed by atoms with E-state index in [1.807, 2.05) is 6.07 Å².